The molecule has 13 heteroatoms. The number of rotatable bonds is 5. The van der Waals surface area contributed by atoms with Gasteiger partial charge in [-0.3, -0.25) is 9.59 Å². The van der Waals surface area contributed by atoms with E-state index >= 15 is 0 Å². The first-order chi connectivity index (χ1) is 26.0. The smallest absolute Gasteiger partial charge is 0.252 e. The van der Waals surface area contributed by atoms with Crippen molar-refractivity contribution in [2.24, 2.45) is 5.92 Å². The summed E-state index contributed by atoms with van der Waals surface area (Å²) in [6.07, 6.45) is 3.53. The van der Waals surface area contributed by atoms with E-state index in [-0.39, 0.29) is 37.0 Å². The number of hydrogen-bond acceptors (Lipinski definition) is 9. The number of oxazole rings is 2. The van der Waals surface area contributed by atoms with Crippen molar-refractivity contribution in [2.45, 2.75) is 76.3 Å². The van der Waals surface area contributed by atoms with Crippen molar-refractivity contribution < 1.29 is 28.3 Å². The van der Waals surface area contributed by atoms with Gasteiger partial charge in [0.05, 0.1) is 6.20 Å². The summed E-state index contributed by atoms with van der Waals surface area (Å²) < 4.78 is 21.4. The molecule has 0 fully saturated rings. The SMILES string of the molecule is CCC(O)(CC)C(=O)N[C@H]1Cc2ccc3c(c2)[C@]24c5cc(Br)cc(c5NC2O3)-c2cccc3[nH]cc(c23)-c2cnc(o2)-c2nc(oc24)[C@H](C(C)C)NC1=O. The zero-order chi connectivity index (χ0) is 37.3. The molecule has 5 N–H and O–H groups in total. The maximum absolute atomic E-state index is 14.3. The Labute approximate surface area is 318 Å². The number of hydrogen-bond donors (Lipinski definition) is 5. The van der Waals surface area contributed by atoms with Crippen LogP contribution in [0, 0.1) is 5.92 Å². The number of H-pyrrole nitrogens is 1. The van der Waals surface area contributed by atoms with Crippen molar-refractivity contribution in [1.29, 1.82) is 0 Å². The number of benzene rings is 3. The molecule has 12 nitrogen and oxygen atoms in total. The minimum Gasteiger partial charge on any atom is -0.469 e. The van der Waals surface area contributed by atoms with E-state index in [9.17, 15) is 14.7 Å². The van der Waals surface area contributed by atoms with Gasteiger partial charge in [-0.25, -0.2) is 9.97 Å². The van der Waals surface area contributed by atoms with Crippen LogP contribution in [0.25, 0.3) is 44.9 Å². The molecule has 0 saturated carbocycles. The van der Waals surface area contributed by atoms with Crippen LogP contribution in [0.4, 0.5) is 5.69 Å². The molecule has 7 heterocycles. The van der Waals surface area contributed by atoms with Gasteiger partial charge in [0.1, 0.15) is 28.8 Å². The first-order valence-electron chi connectivity index (χ1n) is 18.4. The van der Waals surface area contributed by atoms with Gasteiger partial charge < -0.3 is 39.6 Å². The largest absolute Gasteiger partial charge is 0.469 e. The van der Waals surface area contributed by atoms with E-state index in [1.165, 1.54) is 0 Å². The summed E-state index contributed by atoms with van der Waals surface area (Å²) in [5, 5.41) is 21.9. The molecule has 4 aliphatic heterocycles. The summed E-state index contributed by atoms with van der Waals surface area (Å²) >= 11 is 3.88. The maximum atomic E-state index is 14.3. The fourth-order valence-corrected chi connectivity index (χ4v) is 9.20. The molecule has 3 aromatic carbocycles. The van der Waals surface area contributed by atoms with Gasteiger partial charge in [0, 0.05) is 55.9 Å². The summed E-state index contributed by atoms with van der Waals surface area (Å²) in [7, 11) is 0. The highest BCUT2D eigenvalue weighted by Crippen LogP contribution is 2.62. The number of anilines is 1. The number of nitrogens with zero attached hydrogens (tertiary/aromatic N) is 2. The van der Waals surface area contributed by atoms with Crippen LogP contribution in [0.1, 0.15) is 74.9 Å². The van der Waals surface area contributed by atoms with Crippen molar-refractivity contribution in [1.82, 2.24) is 25.6 Å². The molecule has 1 unspecified atom stereocenters. The Morgan fingerprint density at radius 3 is 2.70 bits per heavy atom. The Kier molecular flexibility index (Phi) is 7.10. The van der Waals surface area contributed by atoms with E-state index in [4.69, 9.17) is 23.5 Å². The van der Waals surface area contributed by atoms with Crippen molar-refractivity contribution >= 4 is 44.3 Å². The number of halogens is 1. The molecule has 3 aromatic heterocycles. The topological polar surface area (TPSA) is 168 Å². The molecule has 0 aliphatic carbocycles. The van der Waals surface area contributed by atoms with Crippen LogP contribution < -0.4 is 20.7 Å². The monoisotopic (exact) mass is 788 g/mol. The fourth-order valence-electron chi connectivity index (χ4n) is 8.75. The lowest BCUT2D eigenvalue weighted by Gasteiger charge is -2.30. The summed E-state index contributed by atoms with van der Waals surface area (Å²) in [6, 6.07) is 14.5. The Bertz CT molecular complexity index is 2570. The maximum Gasteiger partial charge on any atom is 0.252 e. The van der Waals surface area contributed by atoms with Crippen LogP contribution in [-0.2, 0) is 21.4 Å². The Balaban J connectivity index is 1.28. The van der Waals surface area contributed by atoms with E-state index in [1.54, 1.807) is 20.0 Å². The van der Waals surface area contributed by atoms with Crippen molar-refractivity contribution in [3.63, 3.8) is 0 Å². The van der Waals surface area contributed by atoms with E-state index in [2.05, 4.69) is 55.1 Å². The molecule has 6 aromatic rings. The summed E-state index contributed by atoms with van der Waals surface area (Å²) in [4.78, 5) is 41.2. The first kappa shape index (κ1) is 33.2. The summed E-state index contributed by atoms with van der Waals surface area (Å²) in [6.45, 7) is 7.44. The van der Waals surface area contributed by atoms with Crippen LogP contribution in [0.3, 0.4) is 0 Å². The second kappa shape index (κ2) is 11.6. The van der Waals surface area contributed by atoms with E-state index in [1.807, 2.05) is 50.4 Å². The number of fused-ring (bicyclic) bond motifs is 7. The highest BCUT2D eigenvalue weighted by atomic mass is 79.9. The number of carbonyl (C=O) groups is 2. The van der Waals surface area contributed by atoms with Crippen LogP contribution >= 0.6 is 15.9 Å². The van der Waals surface area contributed by atoms with Gasteiger partial charge in [0.15, 0.2) is 23.4 Å². The van der Waals surface area contributed by atoms with E-state index in [0.717, 1.165) is 54.4 Å². The lowest BCUT2D eigenvalue weighted by Crippen LogP contribution is -2.55. The molecule has 274 valence electrons. The zero-order valence-corrected chi connectivity index (χ0v) is 31.6. The Morgan fingerprint density at radius 2 is 1.91 bits per heavy atom. The minimum atomic E-state index is -1.62. The van der Waals surface area contributed by atoms with Crippen molar-refractivity contribution in [3.05, 3.63) is 93.7 Å². The predicted molar refractivity (Wildman–Crippen MR) is 204 cm³/mol. The highest BCUT2D eigenvalue weighted by Gasteiger charge is 2.62. The number of aromatic nitrogens is 3. The van der Waals surface area contributed by atoms with Gasteiger partial charge in [-0.2, -0.15) is 0 Å². The van der Waals surface area contributed by atoms with E-state index in [0.29, 0.717) is 23.0 Å². The molecule has 54 heavy (non-hydrogen) atoms. The lowest BCUT2D eigenvalue weighted by molar-refractivity contribution is -0.143. The molecular weight excluding hydrogens is 752 g/mol. The van der Waals surface area contributed by atoms with Gasteiger partial charge >= 0.3 is 0 Å². The normalized spacial score (nSPS) is 21.8. The Hall–Kier alpha value is -5.40. The predicted octanol–water partition coefficient (Wildman–Crippen LogP) is 7.10. The second-order valence-electron chi connectivity index (χ2n) is 15.0. The molecule has 0 saturated heterocycles. The van der Waals surface area contributed by atoms with Gasteiger partial charge in [-0.05, 0) is 54.2 Å². The molecule has 2 amide bonds. The fraction of sp³-hybridized carbons (Fsp3) is 0.317. The molecule has 4 atom stereocenters. The lowest BCUT2D eigenvalue weighted by atomic mass is 9.72. The minimum absolute atomic E-state index is 0.157. The molecule has 10 rings (SSSR count). The average molecular weight is 790 g/mol. The van der Waals surface area contributed by atoms with Gasteiger partial charge in [-0.15, -0.1) is 0 Å². The third kappa shape index (κ3) is 4.45. The third-order valence-corrected chi connectivity index (χ3v) is 12.2. The molecule has 10 bridgehead atoms. The number of nitrogens with one attached hydrogen (secondary N) is 4. The quantitative estimate of drug-likeness (QED) is 0.122. The zero-order valence-electron chi connectivity index (χ0n) is 30.0. The number of ether oxygens (including phenoxy) is 1. The second-order valence-corrected chi connectivity index (χ2v) is 16.0. The molecular formula is C41H37BrN6O6. The highest BCUT2D eigenvalue weighted by molar-refractivity contribution is 9.10. The van der Waals surface area contributed by atoms with E-state index < -0.39 is 41.1 Å². The molecule has 1 spiro atoms. The van der Waals surface area contributed by atoms with Gasteiger partial charge in [-0.1, -0.05) is 67.9 Å². The standard InChI is InChI=1S/C41H37BrN6O6/c1-5-40(51,6-2)38(50)45-27-13-19-10-11-28-24(12-19)41-25-15-20(42)14-22(32(25)48-39(41)53-28)21-8-7-9-26-30(21)23(16-43-26)29-17-44-36(52-29)33-34(41)54-37(47-33)31(18(3)4)46-35(27)49/h7-12,14-18,27,31,39,43,48,51H,5-6,13H2,1-4H3,(H,45,50)(H,46,49)/t27-,31-,39?,41+/m0/s1. The van der Waals surface area contributed by atoms with Crippen LogP contribution in [-0.4, -0.2) is 49.7 Å². The van der Waals surface area contributed by atoms with Crippen molar-refractivity contribution in [3.8, 4) is 39.8 Å². The number of aliphatic hydroxyl groups is 1. The van der Waals surface area contributed by atoms with Crippen LogP contribution in [0.5, 0.6) is 5.75 Å². The third-order valence-electron chi connectivity index (χ3n) is 11.8. The summed E-state index contributed by atoms with van der Waals surface area (Å²) in [5.41, 5.74) is 4.78. The Morgan fingerprint density at radius 1 is 1.07 bits per heavy atom. The molecule has 0 radical (unpaired) electrons. The van der Waals surface area contributed by atoms with Gasteiger partial charge in [0.25, 0.3) is 5.91 Å². The first-order valence-corrected chi connectivity index (χ1v) is 19.2. The van der Waals surface area contributed by atoms with Crippen LogP contribution in [0.2, 0.25) is 0 Å². The molecule has 4 aliphatic rings. The number of amides is 2. The number of aromatic amines is 1. The summed E-state index contributed by atoms with van der Waals surface area (Å²) in [5.74, 6) is 0.975. The van der Waals surface area contributed by atoms with Crippen molar-refractivity contribution in [2.75, 3.05) is 5.32 Å². The number of carbonyl (C=O) groups excluding carboxylic acids is 2. The van der Waals surface area contributed by atoms with Gasteiger partial charge in [0.2, 0.25) is 17.7 Å². The van der Waals surface area contributed by atoms with Crippen LogP contribution in [0.15, 0.2) is 74.2 Å². The average Bonchev–Trinajstić information content (AvgIpc) is 3.99.